The van der Waals surface area contributed by atoms with E-state index < -0.39 is 23.4 Å². The normalized spacial score (nSPS) is 25.5. The van der Waals surface area contributed by atoms with E-state index in [0.717, 1.165) is 27.6 Å². The van der Waals surface area contributed by atoms with E-state index in [1.54, 1.807) is 12.1 Å². The van der Waals surface area contributed by atoms with Crippen molar-refractivity contribution in [3.05, 3.63) is 100 Å². The monoisotopic (exact) mass is 538 g/mol. The predicted octanol–water partition coefficient (Wildman–Crippen LogP) is 4.34. The number of H-pyrrole nitrogens is 1. The van der Waals surface area contributed by atoms with Crippen molar-refractivity contribution in [2.24, 2.45) is 11.8 Å². The highest BCUT2D eigenvalue weighted by Crippen LogP contribution is 2.54. The zero-order chi connectivity index (χ0) is 26.9. The molecule has 2 unspecified atom stereocenters. The standard InChI is InChI=1S/C31H27ClN4O3/c1-17-13-20(32)15-22-27(17)34-30(39)31(22)26-25(24(35-31)14-19-16-33-23-10-6-5-9-21(19)23)28(37)36(29(26)38)12-11-18-7-3-2-4-8-18/h2-10,13,15-16,24-26,33,35H,11-12,14H2,1H3,(H,34,39)/t24?,25-,26+,31?/m1/s1. The van der Waals surface area contributed by atoms with Gasteiger partial charge in [-0.15, -0.1) is 0 Å². The molecule has 0 saturated carbocycles. The Balaban J connectivity index is 1.32. The lowest BCUT2D eigenvalue weighted by Crippen LogP contribution is -2.53. The van der Waals surface area contributed by atoms with Gasteiger partial charge in [0, 0.05) is 46.0 Å². The molecule has 0 bridgehead atoms. The highest BCUT2D eigenvalue weighted by atomic mass is 35.5. The number of aryl methyl sites for hydroxylation is 1. The average molecular weight is 539 g/mol. The van der Waals surface area contributed by atoms with Crippen LogP contribution in [0.2, 0.25) is 5.02 Å². The third-order valence-electron chi connectivity index (χ3n) is 8.66. The quantitative estimate of drug-likeness (QED) is 0.330. The number of nitrogens with one attached hydrogen (secondary N) is 3. The summed E-state index contributed by atoms with van der Waals surface area (Å²) >= 11 is 6.48. The van der Waals surface area contributed by atoms with Gasteiger partial charge in [0.1, 0.15) is 5.54 Å². The van der Waals surface area contributed by atoms with E-state index in [0.29, 0.717) is 29.1 Å². The van der Waals surface area contributed by atoms with Crippen LogP contribution in [0.1, 0.15) is 22.3 Å². The number of likely N-dealkylation sites (tertiary alicyclic amines) is 1. The minimum absolute atomic E-state index is 0.227. The summed E-state index contributed by atoms with van der Waals surface area (Å²) in [5.74, 6) is -2.40. The summed E-state index contributed by atoms with van der Waals surface area (Å²) in [7, 11) is 0. The molecule has 196 valence electrons. The number of carbonyl (C=O) groups excluding carboxylic acids is 3. The van der Waals surface area contributed by atoms with Gasteiger partial charge in [0.25, 0.3) is 0 Å². The number of aromatic amines is 1. The Morgan fingerprint density at radius 3 is 2.56 bits per heavy atom. The van der Waals surface area contributed by atoms with Crippen molar-refractivity contribution < 1.29 is 14.4 Å². The van der Waals surface area contributed by atoms with E-state index in [9.17, 15) is 14.4 Å². The predicted molar refractivity (Wildman–Crippen MR) is 149 cm³/mol. The number of carbonyl (C=O) groups is 3. The maximum atomic E-state index is 14.1. The van der Waals surface area contributed by atoms with E-state index in [1.807, 2.05) is 67.7 Å². The van der Waals surface area contributed by atoms with Gasteiger partial charge in [-0.05, 0) is 54.7 Å². The van der Waals surface area contributed by atoms with E-state index in [-0.39, 0.29) is 24.3 Å². The minimum Gasteiger partial charge on any atom is -0.361 e. The number of hydrogen-bond acceptors (Lipinski definition) is 4. The van der Waals surface area contributed by atoms with Crippen molar-refractivity contribution in [3.8, 4) is 0 Å². The lowest BCUT2D eigenvalue weighted by molar-refractivity contribution is -0.142. The van der Waals surface area contributed by atoms with Crippen molar-refractivity contribution in [2.75, 3.05) is 11.9 Å². The second kappa shape index (κ2) is 8.79. The van der Waals surface area contributed by atoms with Crippen molar-refractivity contribution in [2.45, 2.75) is 31.3 Å². The molecule has 3 aliphatic heterocycles. The van der Waals surface area contributed by atoms with Gasteiger partial charge in [-0.2, -0.15) is 0 Å². The number of nitrogens with zero attached hydrogens (tertiary/aromatic N) is 1. The molecule has 2 saturated heterocycles. The fraction of sp³-hybridized carbons (Fsp3) is 0.258. The third-order valence-corrected chi connectivity index (χ3v) is 8.88. The van der Waals surface area contributed by atoms with Crippen LogP contribution >= 0.6 is 11.6 Å². The van der Waals surface area contributed by atoms with Crippen LogP contribution in [0.5, 0.6) is 0 Å². The van der Waals surface area contributed by atoms with Gasteiger partial charge in [0.15, 0.2) is 0 Å². The van der Waals surface area contributed by atoms with Crippen LogP contribution in [-0.4, -0.2) is 40.2 Å². The van der Waals surface area contributed by atoms with Crippen molar-refractivity contribution in [1.29, 1.82) is 0 Å². The van der Waals surface area contributed by atoms with Crippen LogP contribution in [-0.2, 0) is 32.8 Å². The number of halogens is 1. The van der Waals surface area contributed by atoms with E-state index in [2.05, 4.69) is 15.6 Å². The first-order valence-electron chi connectivity index (χ1n) is 13.2. The summed E-state index contributed by atoms with van der Waals surface area (Å²) in [5.41, 5.74) is 3.82. The first-order chi connectivity index (χ1) is 18.9. The van der Waals surface area contributed by atoms with Gasteiger partial charge >= 0.3 is 0 Å². The van der Waals surface area contributed by atoms with E-state index >= 15 is 0 Å². The summed E-state index contributed by atoms with van der Waals surface area (Å²) < 4.78 is 0. The van der Waals surface area contributed by atoms with Crippen molar-refractivity contribution >= 4 is 45.9 Å². The van der Waals surface area contributed by atoms with Crippen LogP contribution in [0.15, 0.2) is 72.9 Å². The molecule has 1 spiro atoms. The van der Waals surface area contributed by atoms with Gasteiger partial charge in [-0.3, -0.25) is 24.6 Å². The second-order valence-electron chi connectivity index (χ2n) is 10.8. The molecular weight excluding hydrogens is 512 g/mol. The van der Waals surface area contributed by atoms with Gasteiger partial charge in [0.05, 0.1) is 11.8 Å². The average Bonchev–Trinajstić information content (AvgIpc) is 3.64. The minimum atomic E-state index is -1.37. The molecule has 3 aromatic carbocycles. The Morgan fingerprint density at radius 1 is 0.974 bits per heavy atom. The molecule has 39 heavy (non-hydrogen) atoms. The summed E-state index contributed by atoms with van der Waals surface area (Å²) in [6.07, 6.45) is 2.99. The SMILES string of the molecule is Cc1cc(Cl)cc2c1NC(=O)C21NC(Cc2c[nH]c3ccccc23)[C@H]2C(=O)N(CCc3ccccc3)C(=O)[C@H]21. The Labute approximate surface area is 230 Å². The Morgan fingerprint density at radius 2 is 1.74 bits per heavy atom. The Bertz CT molecular complexity index is 1670. The number of aromatic nitrogens is 1. The van der Waals surface area contributed by atoms with Crippen LogP contribution < -0.4 is 10.6 Å². The summed E-state index contributed by atoms with van der Waals surface area (Å²) in [5, 5.41) is 8.09. The Hall–Kier alpha value is -3.94. The topological polar surface area (TPSA) is 94.3 Å². The molecule has 3 aliphatic rings. The van der Waals surface area contributed by atoms with Crippen LogP contribution in [0.3, 0.4) is 0 Å². The number of imide groups is 1. The molecule has 4 atom stereocenters. The highest BCUT2D eigenvalue weighted by Gasteiger charge is 2.70. The summed E-state index contributed by atoms with van der Waals surface area (Å²) in [6, 6.07) is 20.9. The fourth-order valence-corrected chi connectivity index (χ4v) is 7.18. The maximum absolute atomic E-state index is 14.1. The maximum Gasteiger partial charge on any atom is 0.250 e. The zero-order valence-corrected chi connectivity index (χ0v) is 22.1. The fourth-order valence-electron chi connectivity index (χ4n) is 6.91. The van der Waals surface area contributed by atoms with Crippen LogP contribution in [0.4, 0.5) is 5.69 Å². The molecule has 0 radical (unpaired) electrons. The number of rotatable bonds is 5. The number of para-hydroxylation sites is 1. The summed E-state index contributed by atoms with van der Waals surface area (Å²) in [4.78, 5) is 46.7. The number of amides is 3. The highest BCUT2D eigenvalue weighted by molar-refractivity contribution is 6.31. The molecule has 7 nitrogen and oxygen atoms in total. The van der Waals surface area contributed by atoms with E-state index in [1.165, 1.54) is 4.90 Å². The molecule has 4 aromatic rings. The summed E-state index contributed by atoms with van der Waals surface area (Å²) in [6.45, 7) is 2.15. The lowest BCUT2D eigenvalue weighted by atomic mass is 9.76. The largest absolute Gasteiger partial charge is 0.361 e. The molecule has 4 heterocycles. The van der Waals surface area contributed by atoms with Crippen molar-refractivity contribution in [1.82, 2.24) is 15.2 Å². The first kappa shape index (κ1) is 24.1. The van der Waals surface area contributed by atoms with Crippen LogP contribution in [0, 0.1) is 18.8 Å². The number of hydrogen-bond donors (Lipinski definition) is 3. The third kappa shape index (κ3) is 3.50. The first-order valence-corrected chi connectivity index (χ1v) is 13.6. The number of anilines is 1. The number of benzene rings is 3. The van der Waals surface area contributed by atoms with Gasteiger partial charge < -0.3 is 10.3 Å². The molecular formula is C31H27ClN4O3. The lowest BCUT2D eigenvalue weighted by Gasteiger charge is -2.29. The molecule has 3 amide bonds. The molecule has 0 aliphatic carbocycles. The van der Waals surface area contributed by atoms with Gasteiger partial charge in [-0.25, -0.2) is 0 Å². The number of fused-ring (bicyclic) bond motifs is 5. The molecule has 1 aromatic heterocycles. The molecule has 7 rings (SSSR count). The smallest absolute Gasteiger partial charge is 0.250 e. The van der Waals surface area contributed by atoms with Gasteiger partial charge in [0.2, 0.25) is 17.7 Å². The van der Waals surface area contributed by atoms with E-state index in [4.69, 9.17) is 11.6 Å². The zero-order valence-electron chi connectivity index (χ0n) is 21.3. The van der Waals surface area contributed by atoms with Gasteiger partial charge in [-0.1, -0.05) is 60.1 Å². The Kier molecular flexibility index (Phi) is 5.44. The second-order valence-corrected chi connectivity index (χ2v) is 11.2. The molecule has 3 N–H and O–H groups in total. The van der Waals surface area contributed by atoms with Crippen molar-refractivity contribution in [3.63, 3.8) is 0 Å². The molecule has 8 heteroatoms. The van der Waals surface area contributed by atoms with Crippen LogP contribution in [0.25, 0.3) is 10.9 Å². The molecule has 2 fully saturated rings.